The zero-order valence-electron chi connectivity index (χ0n) is 18.3. The fraction of sp³-hybridized carbons (Fsp3) is 0.360. The first-order chi connectivity index (χ1) is 16.1. The summed E-state index contributed by atoms with van der Waals surface area (Å²) >= 11 is 0. The van der Waals surface area contributed by atoms with Crippen LogP contribution in [0.5, 0.6) is 0 Å². The van der Waals surface area contributed by atoms with Crippen molar-refractivity contribution in [1.82, 2.24) is 9.55 Å². The molecule has 3 aromatic rings. The van der Waals surface area contributed by atoms with Gasteiger partial charge in [0.15, 0.2) is 6.23 Å². The molecular weight excluding hydrogens is 424 g/mol. The first kappa shape index (κ1) is 21.8. The van der Waals surface area contributed by atoms with Crippen molar-refractivity contribution in [3.63, 3.8) is 0 Å². The van der Waals surface area contributed by atoms with E-state index in [2.05, 4.69) is 4.98 Å². The Labute approximate surface area is 190 Å². The highest BCUT2D eigenvalue weighted by Gasteiger charge is 2.63. The van der Waals surface area contributed by atoms with E-state index in [0.29, 0.717) is 25.4 Å². The minimum atomic E-state index is -0.873. The van der Waals surface area contributed by atoms with Gasteiger partial charge in [0.05, 0.1) is 26.4 Å². The summed E-state index contributed by atoms with van der Waals surface area (Å²) in [4.78, 5) is 26.7. The molecule has 1 unspecified atom stereocenters. The molecule has 1 N–H and O–H groups in total. The molecule has 33 heavy (non-hydrogen) atoms. The summed E-state index contributed by atoms with van der Waals surface area (Å²) in [7, 11) is 0. The van der Waals surface area contributed by atoms with Gasteiger partial charge in [-0.15, -0.1) is 0 Å². The molecule has 4 atom stereocenters. The summed E-state index contributed by atoms with van der Waals surface area (Å²) in [6.07, 6.45) is -0.194. The lowest BCUT2D eigenvalue weighted by atomic mass is 10.00. The maximum absolute atomic E-state index is 12.5. The number of hydrogen-bond donors (Lipinski definition) is 1. The topological polar surface area (TPSA) is 91.8 Å². The lowest BCUT2D eigenvalue weighted by molar-refractivity contribution is -0.197. The van der Waals surface area contributed by atoms with Crippen LogP contribution in [0.2, 0.25) is 0 Å². The Morgan fingerprint density at radius 3 is 2.39 bits per heavy atom. The Morgan fingerprint density at radius 1 is 1.03 bits per heavy atom. The number of benzene rings is 2. The second-order valence-electron chi connectivity index (χ2n) is 8.52. The largest absolute Gasteiger partial charge is 0.374 e. The van der Waals surface area contributed by atoms with E-state index in [1.807, 2.05) is 60.7 Å². The average Bonchev–Trinajstić information content (AvgIpc) is 3.33. The number of aromatic nitrogens is 2. The van der Waals surface area contributed by atoms with Gasteiger partial charge < -0.3 is 18.9 Å². The van der Waals surface area contributed by atoms with Crippen LogP contribution in [0.25, 0.3) is 0 Å². The smallest absolute Gasteiger partial charge is 0.330 e. The minimum absolute atomic E-state index is 0.242. The van der Waals surface area contributed by atoms with E-state index >= 15 is 0 Å². The molecule has 2 bridgehead atoms. The van der Waals surface area contributed by atoms with Gasteiger partial charge in [-0.25, -0.2) is 4.79 Å². The molecule has 3 heterocycles. The van der Waals surface area contributed by atoms with E-state index in [1.54, 1.807) is 6.92 Å². The van der Waals surface area contributed by atoms with Crippen molar-refractivity contribution in [2.75, 3.05) is 13.2 Å². The van der Waals surface area contributed by atoms with E-state index in [-0.39, 0.29) is 6.61 Å². The molecule has 172 valence electrons. The van der Waals surface area contributed by atoms with Crippen LogP contribution in [0.3, 0.4) is 0 Å². The van der Waals surface area contributed by atoms with Crippen LogP contribution in [0.15, 0.2) is 76.4 Å². The maximum atomic E-state index is 12.5. The summed E-state index contributed by atoms with van der Waals surface area (Å²) in [6.45, 7) is 2.97. The van der Waals surface area contributed by atoms with Gasteiger partial charge in [-0.1, -0.05) is 60.7 Å². The van der Waals surface area contributed by atoms with E-state index < -0.39 is 35.3 Å². The van der Waals surface area contributed by atoms with Crippen LogP contribution < -0.4 is 11.2 Å². The molecule has 2 aliphatic heterocycles. The van der Waals surface area contributed by atoms with Gasteiger partial charge >= 0.3 is 5.69 Å². The predicted molar refractivity (Wildman–Crippen MR) is 120 cm³/mol. The lowest BCUT2D eigenvalue weighted by Crippen LogP contribution is -2.46. The van der Waals surface area contributed by atoms with Crippen molar-refractivity contribution >= 4 is 0 Å². The Morgan fingerprint density at radius 2 is 1.70 bits per heavy atom. The first-order valence-electron chi connectivity index (χ1n) is 10.9. The standard InChI is InChI=1S/C25H26N2O6/c1-17-12-27(24(29)26-22(17)28)23-20-21(31-14-19-10-6-3-7-11-19)25(33-23,16-32-20)15-30-13-18-8-4-2-5-9-18/h2-12,20-21,23H,13-16H2,1H3,(H,26,28,29)/t20-,21+,23+,25?/m1/s1. The van der Waals surface area contributed by atoms with E-state index in [0.717, 1.165) is 11.1 Å². The molecule has 2 aromatic carbocycles. The lowest BCUT2D eigenvalue weighted by Gasteiger charge is -2.31. The molecule has 8 heteroatoms. The number of ether oxygens (including phenoxy) is 4. The van der Waals surface area contributed by atoms with E-state index in [9.17, 15) is 9.59 Å². The number of rotatable bonds is 8. The Balaban J connectivity index is 1.39. The van der Waals surface area contributed by atoms with Crippen LogP contribution in [0, 0.1) is 6.92 Å². The molecule has 8 nitrogen and oxygen atoms in total. The summed E-state index contributed by atoms with van der Waals surface area (Å²) in [5, 5.41) is 0. The van der Waals surface area contributed by atoms with Gasteiger partial charge in [-0.2, -0.15) is 0 Å². The highest BCUT2D eigenvalue weighted by molar-refractivity contribution is 5.16. The second kappa shape index (κ2) is 9.07. The number of H-pyrrole nitrogens is 1. The third-order valence-electron chi connectivity index (χ3n) is 6.12. The van der Waals surface area contributed by atoms with Gasteiger partial charge in [0.25, 0.3) is 5.56 Å². The Bertz CT molecular complexity index is 1210. The van der Waals surface area contributed by atoms with Crippen LogP contribution in [-0.4, -0.2) is 40.6 Å². The van der Waals surface area contributed by atoms with Gasteiger partial charge in [0, 0.05) is 11.8 Å². The zero-order chi connectivity index (χ0) is 22.8. The van der Waals surface area contributed by atoms with Gasteiger partial charge in [0.1, 0.15) is 17.8 Å². The highest BCUT2D eigenvalue weighted by Crippen LogP contribution is 2.46. The molecule has 2 saturated heterocycles. The van der Waals surface area contributed by atoms with Crippen molar-refractivity contribution in [1.29, 1.82) is 0 Å². The number of fused-ring (bicyclic) bond motifs is 2. The van der Waals surface area contributed by atoms with Crippen molar-refractivity contribution < 1.29 is 18.9 Å². The maximum Gasteiger partial charge on any atom is 0.330 e. The zero-order valence-corrected chi connectivity index (χ0v) is 18.3. The van der Waals surface area contributed by atoms with Crippen molar-refractivity contribution in [3.8, 4) is 0 Å². The normalized spacial score (nSPS) is 26.0. The molecule has 0 aliphatic carbocycles. The molecule has 0 amide bonds. The number of nitrogens with zero attached hydrogens (tertiary/aromatic N) is 1. The van der Waals surface area contributed by atoms with Crippen molar-refractivity contribution in [2.45, 2.75) is 44.2 Å². The molecule has 1 aromatic heterocycles. The van der Waals surface area contributed by atoms with Crippen LogP contribution in [0.4, 0.5) is 0 Å². The van der Waals surface area contributed by atoms with E-state index in [4.69, 9.17) is 18.9 Å². The monoisotopic (exact) mass is 450 g/mol. The third kappa shape index (κ3) is 4.30. The molecule has 2 aliphatic rings. The summed E-state index contributed by atoms with van der Waals surface area (Å²) in [5.41, 5.74) is 0.651. The molecule has 0 saturated carbocycles. The van der Waals surface area contributed by atoms with Crippen LogP contribution >= 0.6 is 0 Å². The fourth-order valence-corrected chi connectivity index (χ4v) is 4.42. The summed E-state index contributed by atoms with van der Waals surface area (Å²) in [6, 6.07) is 19.7. The van der Waals surface area contributed by atoms with Gasteiger partial charge in [0.2, 0.25) is 0 Å². The Hall–Kier alpha value is -3.04. The quantitative estimate of drug-likeness (QED) is 0.566. The van der Waals surface area contributed by atoms with Crippen LogP contribution in [0.1, 0.15) is 22.9 Å². The van der Waals surface area contributed by atoms with Crippen molar-refractivity contribution in [2.24, 2.45) is 0 Å². The SMILES string of the molecule is Cc1cn([C@H]2OC3(COCc4ccccc4)CO[C@@H]2[C@@H]3OCc2ccccc2)c(=O)[nH]c1=O. The second-order valence-corrected chi connectivity index (χ2v) is 8.52. The first-order valence-corrected chi connectivity index (χ1v) is 10.9. The number of hydrogen-bond acceptors (Lipinski definition) is 6. The predicted octanol–water partition coefficient (Wildman–Crippen LogP) is 2.31. The minimum Gasteiger partial charge on any atom is -0.374 e. The molecule has 2 fully saturated rings. The fourth-order valence-electron chi connectivity index (χ4n) is 4.42. The van der Waals surface area contributed by atoms with Crippen molar-refractivity contribution in [3.05, 3.63) is 104 Å². The van der Waals surface area contributed by atoms with Gasteiger partial charge in [-0.05, 0) is 18.1 Å². The summed E-state index contributed by atoms with van der Waals surface area (Å²) < 4.78 is 26.2. The number of aromatic amines is 1. The number of nitrogens with one attached hydrogen (secondary N) is 1. The Kier molecular flexibility index (Phi) is 5.99. The highest BCUT2D eigenvalue weighted by atomic mass is 16.7. The molecule has 5 rings (SSSR count). The molecular formula is C25H26N2O6. The van der Waals surface area contributed by atoms with E-state index in [1.165, 1.54) is 10.8 Å². The molecule has 0 radical (unpaired) electrons. The van der Waals surface area contributed by atoms with Gasteiger partial charge in [-0.3, -0.25) is 14.3 Å². The summed E-state index contributed by atoms with van der Waals surface area (Å²) in [5.74, 6) is 0. The number of aryl methyl sites for hydroxylation is 1. The molecule has 0 spiro atoms. The average molecular weight is 450 g/mol. The van der Waals surface area contributed by atoms with Crippen LogP contribution in [-0.2, 0) is 32.2 Å². The third-order valence-corrected chi connectivity index (χ3v) is 6.12.